The Morgan fingerprint density at radius 2 is 1.35 bits per heavy atom. The van der Waals surface area contributed by atoms with Gasteiger partial charge in [0.05, 0.1) is 0 Å². The van der Waals surface area contributed by atoms with Gasteiger partial charge in [-0.15, -0.1) is 26.3 Å². The summed E-state index contributed by atoms with van der Waals surface area (Å²) in [5, 5.41) is 3.67. The standard InChI is InChI=1S/C23H43N3/c1-9-14-22(15-10-2,20-25-19-13-18-24)23(16-11-3,17-12-4)21(5,6)26(7)8/h9-12,25H,1-4,13-20,24H2,5-8H3. The first-order valence-corrected chi connectivity index (χ1v) is 9.77. The molecule has 0 aliphatic heterocycles. The van der Waals surface area contributed by atoms with Gasteiger partial charge in [-0.05, 0) is 78.6 Å². The maximum atomic E-state index is 5.68. The monoisotopic (exact) mass is 361 g/mol. The highest BCUT2D eigenvalue weighted by molar-refractivity contribution is 5.16. The van der Waals surface area contributed by atoms with Crippen LogP contribution in [-0.4, -0.2) is 44.2 Å². The molecule has 26 heavy (non-hydrogen) atoms. The molecule has 0 aliphatic rings. The van der Waals surface area contributed by atoms with Crippen LogP contribution >= 0.6 is 0 Å². The molecule has 0 unspecified atom stereocenters. The summed E-state index contributed by atoms with van der Waals surface area (Å²) in [6.07, 6.45) is 12.9. The molecule has 0 rings (SSSR count). The zero-order valence-corrected chi connectivity index (χ0v) is 17.8. The number of hydrogen-bond acceptors (Lipinski definition) is 3. The molecule has 0 saturated carbocycles. The van der Waals surface area contributed by atoms with E-state index in [2.05, 4.69) is 88.8 Å². The molecule has 0 radical (unpaired) electrons. The van der Waals surface area contributed by atoms with Crippen LogP contribution in [0.3, 0.4) is 0 Å². The lowest BCUT2D eigenvalue weighted by Gasteiger charge is -2.61. The lowest BCUT2D eigenvalue weighted by Crippen LogP contribution is -2.63. The Morgan fingerprint density at radius 3 is 1.69 bits per heavy atom. The molecular weight excluding hydrogens is 318 g/mol. The molecular formula is C23H43N3. The Labute approximate surface area is 163 Å². The molecule has 3 heteroatoms. The van der Waals surface area contributed by atoms with Crippen LogP contribution in [0.25, 0.3) is 0 Å². The Hall–Kier alpha value is -1.16. The van der Waals surface area contributed by atoms with Crippen LogP contribution in [0, 0.1) is 10.8 Å². The number of rotatable bonds is 16. The third kappa shape index (κ3) is 5.18. The van der Waals surface area contributed by atoms with E-state index >= 15 is 0 Å². The third-order valence-electron chi connectivity index (χ3n) is 6.38. The van der Waals surface area contributed by atoms with E-state index in [4.69, 9.17) is 5.73 Å². The molecule has 0 spiro atoms. The van der Waals surface area contributed by atoms with Gasteiger partial charge in [0.25, 0.3) is 0 Å². The van der Waals surface area contributed by atoms with Gasteiger partial charge in [0.1, 0.15) is 0 Å². The highest BCUT2D eigenvalue weighted by Crippen LogP contribution is 2.58. The van der Waals surface area contributed by atoms with Crippen molar-refractivity contribution in [1.29, 1.82) is 0 Å². The van der Waals surface area contributed by atoms with E-state index < -0.39 is 0 Å². The Bertz CT molecular complexity index is 428. The fourth-order valence-electron chi connectivity index (χ4n) is 4.48. The predicted octanol–water partition coefficient (Wildman–Crippen LogP) is 4.54. The normalized spacial score (nSPS) is 12.8. The lowest BCUT2D eigenvalue weighted by atomic mass is 9.49. The molecule has 0 aliphatic carbocycles. The second-order valence-corrected chi connectivity index (χ2v) is 8.11. The van der Waals surface area contributed by atoms with Gasteiger partial charge >= 0.3 is 0 Å². The van der Waals surface area contributed by atoms with Crippen LogP contribution in [0.2, 0.25) is 0 Å². The highest BCUT2D eigenvalue weighted by atomic mass is 15.2. The van der Waals surface area contributed by atoms with Gasteiger partial charge in [-0.1, -0.05) is 24.3 Å². The molecule has 0 aromatic heterocycles. The maximum Gasteiger partial charge on any atom is 0.0215 e. The van der Waals surface area contributed by atoms with E-state index in [-0.39, 0.29) is 16.4 Å². The van der Waals surface area contributed by atoms with Gasteiger partial charge in [-0.2, -0.15) is 0 Å². The van der Waals surface area contributed by atoms with Gasteiger partial charge in [-0.3, -0.25) is 0 Å². The van der Waals surface area contributed by atoms with Crippen LogP contribution < -0.4 is 11.1 Å². The van der Waals surface area contributed by atoms with Crippen LogP contribution in [0.4, 0.5) is 0 Å². The zero-order chi connectivity index (χ0) is 20.3. The van der Waals surface area contributed by atoms with Crippen molar-refractivity contribution in [1.82, 2.24) is 10.2 Å². The first-order valence-electron chi connectivity index (χ1n) is 9.77. The molecule has 0 amide bonds. The molecule has 3 N–H and O–H groups in total. The molecule has 150 valence electrons. The number of allylic oxidation sites excluding steroid dienone is 4. The van der Waals surface area contributed by atoms with Crippen molar-refractivity contribution in [2.24, 2.45) is 16.6 Å². The molecule has 0 saturated heterocycles. The molecule has 3 nitrogen and oxygen atoms in total. The Morgan fingerprint density at radius 1 is 0.885 bits per heavy atom. The predicted molar refractivity (Wildman–Crippen MR) is 118 cm³/mol. The van der Waals surface area contributed by atoms with E-state index in [0.717, 1.165) is 45.2 Å². The SMILES string of the molecule is C=CCC(CC=C)(CNCCCN)C(CC=C)(CC=C)C(C)(C)N(C)C. The van der Waals surface area contributed by atoms with Gasteiger partial charge in [0.15, 0.2) is 0 Å². The van der Waals surface area contributed by atoms with Crippen molar-refractivity contribution in [3.8, 4) is 0 Å². The fourth-order valence-corrected chi connectivity index (χ4v) is 4.48. The average molecular weight is 362 g/mol. The summed E-state index contributed by atoms with van der Waals surface area (Å²) in [7, 11) is 4.32. The molecule has 0 heterocycles. The summed E-state index contributed by atoms with van der Waals surface area (Å²) >= 11 is 0. The van der Waals surface area contributed by atoms with Gasteiger partial charge in [0, 0.05) is 17.5 Å². The molecule has 0 bridgehead atoms. The average Bonchev–Trinajstić information content (AvgIpc) is 2.58. The van der Waals surface area contributed by atoms with Crippen molar-refractivity contribution < 1.29 is 0 Å². The van der Waals surface area contributed by atoms with Gasteiger partial charge < -0.3 is 16.0 Å². The van der Waals surface area contributed by atoms with E-state index in [0.29, 0.717) is 6.54 Å². The molecule has 0 aromatic rings. The van der Waals surface area contributed by atoms with Crippen molar-refractivity contribution in [2.45, 2.75) is 51.5 Å². The van der Waals surface area contributed by atoms with Crippen molar-refractivity contribution in [3.63, 3.8) is 0 Å². The van der Waals surface area contributed by atoms with Crippen molar-refractivity contribution in [2.75, 3.05) is 33.7 Å². The summed E-state index contributed by atoms with van der Waals surface area (Å²) in [6.45, 7) is 23.6. The Kier molecular flexibility index (Phi) is 11.0. The largest absolute Gasteiger partial charge is 0.330 e. The van der Waals surface area contributed by atoms with E-state index in [1.54, 1.807) is 0 Å². The smallest absolute Gasteiger partial charge is 0.0215 e. The molecule has 0 atom stereocenters. The van der Waals surface area contributed by atoms with Crippen LogP contribution in [0.15, 0.2) is 50.6 Å². The third-order valence-corrected chi connectivity index (χ3v) is 6.38. The summed E-state index contributed by atoms with van der Waals surface area (Å²) in [5.41, 5.74) is 5.50. The number of hydrogen-bond donors (Lipinski definition) is 2. The van der Waals surface area contributed by atoms with Crippen molar-refractivity contribution in [3.05, 3.63) is 50.6 Å². The fraction of sp³-hybridized carbons (Fsp3) is 0.652. The number of nitrogens with one attached hydrogen (secondary N) is 1. The highest BCUT2D eigenvalue weighted by Gasteiger charge is 2.57. The van der Waals surface area contributed by atoms with E-state index in [1.807, 2.05) is 0 Å². The molecule has 0 fully saturated rings. The minimum absolute atomic E-state index is 0.0404. The summed E-state index contributed by atoms with van der Waals surface area (Å²) in [5.74, 6) is 0. The lowest BCUT2D eigenvalue weighted by molar-refractivity contribution is -0.0821. The van der Waals surface area contributed by atoms with E-state index in [1.165, 1.54) is 0 Å². The first-order chi connectivity index (χ1) is 12.2. The minimum Gasteiger partial charge on any atom is -0.330 e. The van der Waals surface area contributed by atoms with Gasteiger partial charge in [-0.25, -0.2) is 0 Å². The first kappa shape index (κ1) is 24.8. The minimum atomic E-state index is -0.0725. The second kappa shape index (κ2) is 11.5. The number of nitrogens with two attached hydrogens (primary N) is 1. The summed E-state index contributed by atoms with van der Waals surface area (Å²) < 4.78 is 0. The number of nitrogens with zero attached hydrogens (tertiary/aromatic N) is 1. The Balaban J connectivity index is 6.42. The quantitative estimate of drug-likeness (QED) is 0.313. The summed E-state index contributed by atoms with van der Waals surface area (Å²) in [6, 6.07) is 0. The maximum absolute atomic E-state index is 5.68. The van der Waals surface area contributed by atoms with Crippen LogP contribution in [0.5, 0.6) is 0 Å². The zero-order valence-electron chi connectivity index (χ0n) is 17.8. The second-order valence-electron chi connectivity index (χ2n) is 8.11. The summed E-state index contributed by atoms with van der Waals surface area (Å²) in [4.78, 5) is 2.33. The van der Waals surface area contributed by atoms with Crippen LogP contribution in [-0.2, 0) is 0 Å². The molecule has 0 aromatic carbocycles. The van der Waals surface area contributed by atoms with Crippen LogP contribution in [0.1, 0.15) is 46.0 Å². The van der Waals surface area contributed by atoms with E-state index in [9.17, 15) is 0 Å². The van der Waals surface area contributed by atoms with Gasteiger partial charge in [0.2, 0.25) is 0 Å². The topological polar surface area (TPSA) is 41.3 Å². The van der Waals surface area contributed by atoms with Crippen molar-refractivity contribution >= 4 is 0 Å².